The minimum atomic E-state index is -3.48. The van der Waals surface area contributed by atoms with Crippen molar-refractivity contribution in [2.45, 2.75) is 33.1 Å². The highest BCUT2D eigenvalue weighted by atomic mass is 32.2. The number of carbonyl (C=O) groups is 1. The van der Waals surface area contributed by atoms with Crippen LogP contribution in [0.5, 0.6) is 5.75 Å². The highest BCUT2D eigenvalue weighted by Gasteiger charge is 2.19. The van der Waals surface area contributed by atoms with Gasteiger partial charge in [0.25, 0.3) is 11.5 Å². The number of hydrogen-bond donors (Lipinski definition) is 2. The van der Waals surface area contributed by atoms with Crippen LogP contribution in [0.25, 0.3) is 21.2 Å². The Morgan fingerprint density at radius 2 is 1.94 bits per heavy atom. The third-order valence-electron chi connectivity index (χ3n) is 5.03. The van der Waals surface area contributed by atoms with Crippen LogP contribution in [0.3, 0.4) is 0 Å². The summed E-state index contributed by atoms with van der Waals surface area (Å²) in [6.45, 7) is 4.17. The Hall–Kier alpha value is -2.85. The number of nitrogens with one attached hydrogen (secondary N) is 1. The summed E-state index contributed by atoms with van der Waals surface area (Å²) in [5.41, 5.74) is 6.86. The van der Waals surface area contributed by atoms with E-state index in [0.717, 1.165) is 30.6 Å². The molecule has 172 valence electrons. The van der Waals surface area contributed by atoms with Crippen molar-refractivity contribution in [3.63, 3.8) is 0 Å². The predicted octanol–water partition coefficient (Wildman–Crippen LogP) is 3.70. The number of aryl methyl sites for hydroxylation is 1. The Balaban J connectivity index is 2.20. The molecular formula is C22H27N3O5S2. The molecule has 1 aromatic carbocycles. The number of amides is 1. The number of unbranched alkanes of at least 4 members (excludes halogenated alkanes) is 2. The molecule has 32 heavy (non-hydrogen) atoms. The Morgan fingerprint density at radius 1 is 1.19 bits per heavy atom. The first-order valence-corrected chi connectivity index (χ1v) is 12.8. The average Bonchev–Trinajstić information content (AvgIpc) is 3.20. The second kappa shape index (κ2) is 9.74. The van der Waals surface area contributed by atoms with E-state index in [2.05, 4.69) is 11.6 Å². The number of carbonyl (C=O) groups excluding carboxylic acids is 1. The number of nitrogens with zero attached hydrogens (tertiary/aromatic N) is 1. The van der Waals surface area contributed by atoms with Crippen molar-refractivity contribution in [2.75, 3.05) is 17.1 Å². The fourth-order valence-corrected chi connectivity index (χ4v) is 4.92. The average molecular weight is 478 g/mol. The lowest BCUT2D eigenvalue weighted by atomic mass is 10.0. The molecule has 3 rings (SSSR count). The molecule has 8 nitrogen and oxygen atoms in total. The number of aromatic nitrogens is 1. The van der Waals surface area contributed by atoms with E-state index in [1.807, 2.05) is 0 Å². The van der Waals surface area contributed by atoms with E-state index in [-0.39, 0.29) is 16.2 Å². The Morgan fingerprint density at radius 3 is 2.59 bits per heavy atom. The van der Waals surface area contributed by atoms with Crippen LogP contribution in [-0.4, -0.2) is 31.3 Å². The summed E-state index contributed by atoms with van der Waals surface area (Å²) in [7, 11) is -1.85. The molecule has 0 fully saturated rings. The number of nitrogens with two attached hydrogens (primary N) is 1. The Labute approximate surface area is 191 Å². The molecular weight excluding hydrogens is 450 g/mol. The van der Waals surface area contributed by atoms with Crippen LogP contribution in [-0.2, 0) is 17.1 Å². The lowest BCUT2D eigenvalue weighted by Gasteiger charge is -2.16. The van der Waals surface area contributed by atoms with E-state index in [1.54, 1.807) is 44.4 Å². The molecule has 2 heterocycles. The van der Waals surface area contributed by atoms with Gasteiger partial charge in [-0.3, -0.25) is 14.3 Å². The molecule has 0 spiro atoms. The zero-order chi connectivity index (χ0) is 23.5. The van der Waals surface area contributed by atoms with Crippen molar-refractivity contribution in [2.24, 2.45) is 12.8 Å². The summed E-state index contributed by atoms with van der Waals surface area (Å²) in [6.07, 6.45) is 4.63. The van der Waals surface area contributed by atoms with E-state index >= 15 is 0 Å². The summed E-state index contributed by atoms with van der Waals surface area (Å²) < 4.78 is 34.6. The van der Waals surface area contributed by atoms with Gasteiger partial charge >= 0.3 is 0 Å². The van der Waals surface area contributed by atoms with E-state index in [1.165, 1.54) is 4.57 Å². The summed E-state index contributed by atoms with van der Waals surface area (Å²) >= 11 is 1.04. The van der Waals surface area contributed by atoms with Gasteiger partial charge in [0.2, 0.25) is 10.0 Å². The van der Waals surface area contributed by atoms with Crippen LogP contribution in [0, 0.1) is 0 Å². The maximum atomic E-state index is 12.7. The first kappa shape index (κ1) is 23.8. The molecule has 3 aromatic rings. The van der Waals surface area contributed by atoms with E-state index in [0.29, 0.717) is 39.3 Å². The van der Waals surface area contributed by atoms with Crippen LogP contribution in [0.1, 0.15) is 42.8 Å². The van der Waals surface area contributed by atoms with Gasteiger partial charge in [-0.1, -0.05) is 19.8 Å². The van der Waals surface area contributed by atoms with Gasteiger partial charge in [0.15, 0.2) is 0 Å². The minimum Gasteiger partial charge on any atom is -0.493 e. The Kier molecular flexibility index (Phi) is 7.25. The smallest absolute Gasteiger partial charge is 0.268 e. The summed E-state index contributed by atoms with van der Waals surface area (Å²) in [5, 5.41) is 0.570. The van der Waals surface area contributed by atoms with Gasteiger partial charge in [-0.05, 0) is 37.6 Å². The summed E-state index contributed by atoms with van der Waals surface area (Å²) in [4.78, 5) is 24.7. The first-order valence-electron chi connectivity index (χ1n) is 10.4. The van der Waals surface area contributed by atoms with Gasteiger partial charge < -0.3 is 15.0 Å². The molecule has 10 heteroatoms. The molecule has 0 radical (unpaired) electrons. The van der Waals surface area contributed by atoms with Crippen molar-refractivity contribution in [1.29, 1.82) is 0 Å². The highest BCUT2D eigenvalue weighted by molar-refractivity contribution is 7.92. The fourth-order valence-electron chi connectivity index (χ4n) is 3.28. The van der Waals surface area contributed by atoms with Gasteiger partial charge in [0.1, 0.15) is 10.4 Å². The summed E-state index contributed by atoms with van der Waals surface area (Å²) in [6, 6.07) is 6.65. The van der Waals surface area contributed by atoms with Gasteiger partial charge in [-0.15, -0.1) is 11.3 Å². The van der Waals surface area contributed by atoms with E-state index < -0.39 is 15.9 Å². The van der Waals surface area contributed by atoms with Crippen LogP contribution in [0.4, 0.5) is 5.69 Å². The number of sulfonamides is 1. The number of fused-ring (bicyclic) bond motifs is 1. The molecule has 0 aliphatic heterocycles. The third kappa shape index (κ3) is 5.13. The molecule has 0 aliphatic rings. The van der Waals surface area contributed by atoms with Crippen LogP contribution in [0.15, 0.2) is 35.3 Å². The zero-order valence-electron chi connectivity index (χ0n) is 18.3. The molecule has 1 amide bonds. The number of hydrogen-bond acceptors (Lipinski definition) is 6. The number of primary amides is 1. The van der Waals surface area contributed by atoms with E-state index in [9.17, 15) is 18.0 Å². The number of thiophene rings is 1. The number of ether oxygens (including phenoxy) is 1. The fraction of sp³-hybridized carbons (Fsp3) is 0.364. The lowest BCUT2D eigenvalue weighted by molar-refractivity contribution is 0.100. The molecule has 0 saturated heterocycles. The molecule has 2 aromatic heterocycles. The van der Waals surface area contributed by atoms with Crippen LogP contribution < -0.4 is 20.8 Å². The molecule has 0 unspecified atom stereocenters. The normalized spacial score (nSPS) is 11.6. The second-order valence-corrected chi connectivity index (χ2v) is 10.5. The lowest BCUT2D eigenvalue weighted by Crippen LogP contribution is -2.16. The van der Waals surface area contributed by atoms with Crippen LogP contribution in [0.2, 0.25) is 0 Å². The zero-order valence-corrected chi connectivity index (χ0v) is 19.9. The van der Waals surface area contributed by atoms with Crippen molar-refractivity contribution in [3.05, 3.63) is 45.7 Å². The van der Waals surface area contributed by atoms with Gasteiger partial charge in [0.05, 0.1) is 17.2 Å². The van der Waals surface area contributed by atoms with Gasteiger partial charge in [0, 0.05) is 35.4 Å². The quantitative estimate of drug-likeness (QED) is 0.431. The molecule has 0 saturated carbocycles. The number of rotatable bonds is 10. The molecule has 3 N–H and O–H groups in total. The molecule has 0 atom stereocenters. The Bertz CT molecular complexity index is 1310. The maximum absolute atomic E-state index is 12.7. The number of anilines is 1. The van der Waals surface area contributed by atoms with Gasteiger partial charge in [-0.2, -0.15) is 0 Å². The van der Waals surface area contributed by atoms with E-state index in [4.69, 9.17) is 10.5 Å². The predicted molar refractivity (Wildman–Crippen MR) is 129 cm³/mol. The maximum Gasteiger partial charge on any atom is 0.268 e. The van der Waals surface area contributed by atoms with Crippen molar-refractivity contribution < 1.29 is 17.9 Å². The number of benzene rings is 1. The topological polar surface area (TPSA) is 120 Å². The van der Waals surface area contributed by atoms with Crippen molar-refractivity contribution in [3.8, 4) is 16.9 Å². The largest absolute Gasteiger partial charge is 0.493 e. The minimum absolute atomic E-state index is 0.0613. The number of pyridine rings is 1. The first-order chi connectivity index (χ1) is 15.2. The van der Waals surface area contributed by atoms with Gasteiger partial charge in [-0.25, -0.2) is 8.42 Å². The van der Waals surface area contributed by atoms with Crippen LogP contribution >= 0.6 is 11.3 Å². The van der Waals surface area contributed by atoms with Crippen molar-refractivity contribution >= 4 is 43.0 Å². The highest BCUT2D eigenvalue weighted by Crippen LogP contribution is 2.38. The second-order valence-electron chi connectivity index (χ2n) is 7.45. The molecule has 0 bridgehead atoms. The SMILES string of the molecule is CCCCCOc1ccc(NS(=O)(=O)CC)cc1-c1cn(C)c(=O)c2sc(C(N)=O)cc12. The third-order valence-corrected chi connectivity index (χ3v) is 7.48. The monoisotopic (exact) mass is 477 g/mol. The summed E-state index contributed by atoms with van der Waals surface area (Å²) in [5.74, 6) is -0.110. The molecule has 0 aliphatic carbocycles. The van der Waals surface area contributed by atoms with Crippen molar-refractivity contribution in [1.82, 2.24) is 4.57 Å². The standard InChI is InChI=1S/C22H27N3O5S2/c1-4-6-7-10-30-18-9-8-14(24-32(28,29)5-2)11-15(18)17-13-25(3)22(27)20-16(17)12-19(31-20)21(23)26/h8-9,11-13,24H,4-7,10H2,1-3H3,(H2,23,26).